The molecule has 0 bridgehead atoms. The Labute approximate surface area is 267 Å². The van der Waals surface area contributed by atoms with Crippen LogP contribution in [0.3, 0.4) is 0 Å². The van der Waals surface area contributed by atoms with Crippen molar-refractivity contribution in [3.8, 4) is 0 Å². The maximum Gasteiger partial charge on any atom is 0.232 e. The third-order valence-corrected chi connectivity index (χ3v) is 10.1. The molecule has 3 aliphatic rings. The van der Waals surface area contributed by atoms with E-state index in [0.29, 0.717) is 17.1 Å². The molecule has 0 amide bonds. The van der Waals surface area contributed by atoms with Crippen LogP contribution in [0.4, 0.5) is 23.3 Å². The van der Waals surface area contributed by atoms with Crippen molar-refractivity contribution in [2.24, 2.45) is 0 Å². The number of hydrogen-bond acceptors (Lipinski definition) is 6. The Morgan fingerprint density at radius 1 is 0.860 bits per heavy atom. The molecular formula is C34H44ClN7S. The minimum Gasteiger partial charge on any atom is -0.368 e. The summed E-state index contributed by atoms with van der Waals surface area (Å²) in [6.07, 6.45) is 9.61. The summed E-state index contributed by atoms with van der Waals surface area (Å²) in [7, 11) is 0. The first-order valence-electron chi connectivity index (χ1n) is 16.0. The van der Waals surface area contributed by atoms with Crippen LogP contribution in [0.5, 0.6) is 0 Å². The number of nitrogens with zero attached hydrogens (tertiary/aromatic N) is 5. The second kappa shape index (κ2) is 13.7. The lowest BCUT2D eigenvalue weighted by molar-refractivity contribution is 0.292. The maximum atomic E-state index is 6.42. The highest BCUT2D eigenvalue weighted by Crippen LogP contribution is 2.40. The quantitative estimate of drug-likeness (QED) is 0.274. The molecule has 228 valence electrons. The maximum absolute atomic E-state index is 6.42. The molecule has 2 aliphatic heterocycles. The molecule has 0 unspecified atom stereocenters. The van der Waals surface area contributed by atoms with E-state index in [9.17, 15) is 0 Å². The first-order chi connectivity index (χ1) is 21.0. The van der Waals surface area contributed by atoms with Crippen molar-refractivity contribution >= 4 is 52.2 Å². The highest BCUT2D eigenvalue weighted by atomic mass is 35.5. The third kappa shape index (κ3) is 7.18. The van der Waals surface area contributed by atoms with Gasteiger partial charge in [-0.2, -0.15) is 9.97 Å². The van der Waals surface area contributed by atoms with Crippen LogP contribution in [-0.4, -0.2) is 60.4 Å². The lowest BCUT2D eigenvalue weighted by Crippen LogP contribution is -2.47. The Morgan fingerprint density at radius 2 is 1.60 bits per heavy atom. The Bertz CT molecular complexity index is 1370. The number of aromatic nitrogens is 2. The molecule has 1 atom stereocenters. The van der Waals surface area contributed by atoms with Gasteiger partial charge in [-0.15, -0.1) is 0 Å². The molecule has 7 nitrogen and oxygen atoms in total. The summed E-state index contributed by atoms with van der Waals surface area (Å²) < 4.78 is 0. The van der Waals surface area contributed by atoms with Crippen LogP contribution in [0.1, 0.15) is 63.9 Å². The molecule has 2 saturated heterocycles. The Hall–Kier alpha value is -3.10. The monoisotopic (exact) mass is 617 g/mol. The van der Waals surface area contributed by atoms with Crippen molar-refractivity contribution in [2.75, 3.05) is 59.3 Å². The van der Waals surface area contributed by atoms with E-state index in [-0.39, 0.29) is 5.41 Å². The second-order valence-corrected chi connectivity index (χ2v) is 13.3. The fourth-order valence-corrected chi connectivity index (χ4v) is 7.42. The zero-order valence-electron chi connectivity index (χ0n) is 25.3. The number of para-hydroxylation sites is 1. The zero-order chi connectivity index (χ0) is 29.6. The summed E-state index contributed by atoms with van der Waals surface area (Å²) in [5.41, 5.74) is 2.59. The molecule has 3 heterocycles. The third-order valence-electron chi connectivity index (χ3n) is 9.58. The fraction of sp³-hybridized carbons (Fsp3) is 0.500. The second-order valence-electron chi connectivity index (χ2n) is 12.4. The Balaban J connectivity index is 1.18. The molecule has 1 aromatic heterocycles. The van der Waals surface area contributed by atoms with Gasteiger partial charge in [0.05, 0.1) is 0 Å². The Kier molecular flexibility index (Phi) is 9.53. The van der Waals surface area contributed by atoms with Crippen molar-refractivity contribution < 1.29 is 0 Å². The van der Waals surface area contributed by atoms with Gasteiger partial charge in [0, 0.05) is 67.5 Å². The van der Waals surface area contributed by atoms with E-state index in [1.807, 2.05) is 6.07 Å². The van der Waals surface area contributed by atoms with Gasteiger partial charge in [-0.25, -0.2) is 0 Å². The number of thiocarbonyl (C=S) groups is 1. The molecule has 0 spiro atoms. The predicted molar refractivity (Wildman–Crippen MR) is 184 cm³/mol. The first kappa shape index (κ1) is 29.9. The van der Waals surface area contributed by atoms with Gasteiger partial charge in [0.15, 0.2) is 5.11 Å². The summed E-state index contributed by atoms with van der Waals surface area (Å²) in [4.78, 5) is 17.3. The largest absolute Gasteiger partial charge is 0.368 e. The SMILES string of the molecule is C[C@H]1CCCCN1c1cc(N2CCN(c3ccccc3)CC2)nc(NC(=S)NCC2(c3cccc(Cl)c3)CCCCC2)n1. The molecule has 3 aromatic rings. The molecule has 2 aromatic carbocycles. The minimum absolute atomic E-state index is 0.0183. The van der Waals surface area contributed by atoms with Gasteiger partial charge >= 0.3 is 0 Å². The molecular weight excluding hydrogens is 574 g/mol. The lowest BCUT2D eigenvalue weighted by Gasteiger charge is -2.39. The van der Waals surface area contributed by atoms with Crippen LogP contribution < -0.4 is 25.3 Å². The summed E-state index contributed by atoms with van der Waals surface area (Å²) in [5, 5.41) is 8.29. The number of anilines is 4. The predicted octanol–water partition coefficient (Wildman–Crippen LogP) is 7.02. The first-order valence-corrected chi connectivity index (χ1v) is 16.8. The van der Waals surface area contributed by atoms with Crippen molar-refractivity contribution in [3.05, 3.63) is 71.2 Å². The van der Waals surface area contributed by atoms with Gasteiger partial charge in [0.25, 0.3) is 0 Å². The number of piperazine rings is 1. The van der Waals surface area contributed by atoms with E-state index in [1.165, 1.54) is 49.8 Å². The minimum atomic E-state index is 0.0183. The number of hydrogen-bond donors (Lipinski definition) is 2. The number of nitrogens with one attached hydrogen (secondary N) is 2. The molecule has 3 fully saturated rings. The lowest BCUT2D eigenvalue weighted by atomic mass is 9.69. The average molecular weight is 618 g/mol. The normalized spacial score (nSPS) is 20.5. The van der Waals surface area contributed by atoms with Gasteiger partial charge in [-0.3, -0.25) is 0 Å². The molecule has 2 N–H and O–H groups in total. The van der Waals surface area contributed by atoms with E-state index >= 15 is 0 Å². The van der Waals surface area contributed by atoms with Gasteiger partial charge in [-0.05, 0) is 81.1 Å². The van der Waals surface area contributed by atoms with Crippen LogP contribution in [0.25, 0.3) is 0 Å². The van der Waals surface area contributed by atoms with E-state index in [1.54, 1.807) is 0 Å². The van der Waals surface area contributed by atoms with Crippen LogP contribution >= 0.6 is 23.8 Å². The molecule has 43 heavy (non-hydrogen) atoms. The number of rotatable bonds is 7. The van der Waals surface area contributed by atoms with Crippen molar-refractivity contribution in [1.82, 2.24) is 15.3 Å². The van der Waals surface area contributed by atoms with Gasteiger partial charge in [-0.1, -0.05) is 61.2 Å². The van der Waals surface area contributed by atoms with Crippen molar-refractivity contribution in [1.29, 1.82) is 0 Å². The van der Waals surface area contributed by atoms with Crippen molar-refractivity contribution in [3.63, 3.8) is 0 Å². The number of piperidine rings is 1. The van der Waals surface area contributed by atoms with E-state index in [0.717, 1.165) is 68.8 Å². The van der Waals surface area contributed by atoms with Crippen LogP contribution in [0, 0.1) is 0 Å². The Morgan fingerprint density at radius 3 is 2.35 bits per heavy atom. The van der Waals surface area contributed by atoms with Crippen molar-refractivity contribution in [2.45, 2.75) is 69.7 Å². The highest BCUT2D eigenvalue weighted by Gasteiger charge is 2.34. The number of benzene rings is 2. The van der Waals surface area contributed by atoms with Gasteiger partial charge in [0.1, 0.15) is 11.6 Å². The fourth-order valence-electron chi connectivity index (χ4n) is 7.07. The van der Waals surface area contributed by atoms with Gasteiger partial charge < -0.3 is 25.3 Å². The van der Waals surface area contributed by atoms with Crippen LogP contribution in [-0.2, 0) is 5.41 Å². The van der Waals surface area contributed by atoms with E-state index in [4.69, 9.17) is 33.8 Å². The number of halogens is 1. The standard InChI is InChI=1S/C34H44ClN7S/c1-26-11-6-9-18-42(26)31-24-30(41-21-19-40(20-22-41)29-14-4-2-5-15-29)37-32(38-31)39-33(43)36-25-34(16-7-3-8-17-34)27-12-10-13-28(35)23-27/h2,4-5,10,12-15,23-24,26H,3,6-9,11,16-22,25H2,1H3,(H2,36,37,38,39,43)/t26-/m0/s1. The zero-order valence-corrected chi connectivity index (χ0v) is 26.8. The van der Waals surface area contributed by atoms with Crippen LogP contribution in [0.2, 0.25) is 5.02 Å². The van der Waals surface area contributed by atoms with E-state index < -0.39 is 0 Å². The van der Waals surface area contributed by atoms with Gasteiger partial charge in [0.2, 0.25) is 5.95 Å². The summed E-state index contributed by atoms with van der Waals surface area (Å²) in [5.74, 6) is 2.51. The molecule has 0 radical (unpaired) electrons. The molecule has 9 heteroatoms. The topological polar surface area (TPSA) is 59.6 Å². The van der Waals surface area contributed by atoms with E-state index in [2.05, 4.69) is 86.9 Å². The molecule has 6 rings (SSSR count). The highest BCUT2D eigenvalue weighted by molar-refractivity contribution is 7.80. The van der Waals surface area contributed by atoms with Crippen LogP contribution in [0.15, 0.2) is 60.7 Å². The summed E-state index contributed by atoms with van der Waals surface area (Å²) >= 11 is 12.3. The smallest absolute Gasteiger partial charge is 0.232 e. The average Bonchev–Trinajstić information content (AvgIpc) is 3.05. The molecule has 1 saturated carbocycles. The summed E-state index contributed by atoms with van der Waals surface area (Å²) in [6.45, 7) is 7.81. The molecule has 1 aliphatic carbocycles. The summed E-state index contributed by atoms with van der Waals surface area (Å²) in [6, 6.07) is 21.7.